The summed E-state index contributed by atoms with van der Waals surface area (Å²) in [6.07, 6.45) is 19.4. The molecule has 0 saturated carbocycles. The van der Waals surface area contributed by atoms with Gasteiger partial charge in [0.25, 0.3) is 0 Å². The Hall–Kier alpha value is 0.0269. The fourth-order valence-electron chi connectivity index (χ4n) is 3.54. The number of rotatable bonds is 21. The lowest BCUT2D eigenvalue weighted by Crippen LogP contribution is -2.45. The molecule has 0 atom stereocenters. The third-order valence-corrected chi connectivity index (χ3v) is 8.08. The Labute approximate surface area is 170 Å². The van der Waals surface area contributed by atoms with E-state index in [0.717, 1.165) is 6.04 Å². The van der Waals surface area contributed by atoms with Gasteiger partial charge in [0.15, 0.2) is 0 Å². The Balaban J connectivity index is 0. The molecule has 0 radical (unpaired) electrons. The van der Waals surface area contributed by atoms with Crippen molar-refractivity contribution < 1.29 is 18.0 Å². The Morgan fingerprint density at radius 2 is 0.741 bits per heavy atom. The smallest absolute Gasteiger partial charge is 0.374 e. The lowest BCUT2D eigenvalue weighted by Gasteiger charge is -2.28. The van der Waals surface area contributed by atoms with Gasteiger partial charge in [-0.1, -0.05) is 90.4 Å². The molecule has 0 unspecified atom stereocenters. The number of hydrogen-bond donors (Lipinski definition) is 0. The molecule has 0 heterocycles. The zero-order valence-electron chi connectivity index (χ0n) is 18.9. The van der Waals surface area contributed by atoms with Gasteiger partial charge in [-0.25, -0.2) is 0 Å². The van der Waals surface area contributed by atoms with E-state index < -0.39 is 8.80 Å². The van der Waals surface area contributed by atoms with E-state index in [0.29, 0.717) is 19.8 Å². The average molecular weight is 409 g/mol. The van der Waals surface area contributed by atoms with Crippen molar-refractivity contribution in [2.75, 3.05) is 19.8 Å². The van der Waals surface area contributed by atoms with Crippen LogP contribution in [0.2, 0.25) is 6.04 Å². The second kappa shape index (κ2) is 22.3. The highest BCUT2D eigenvalue weighted by molar-refractivity contribution is 6.60. The van der Waals surface area contributed by atoms with Gasteiger partial charge in [-0.3, -0.25) is 4.70 Å². The molecular weight excluding hydrogens is 359 g/mol. The largest absolute Gasteiger partial charge is 0.500 e. The summed E-state index contributed by atoms with van der Waals surface area (Å²) >= 11 is 0. The van der Waals surface area contributed by atoms with Gasteiger partial charge in [0.1, 0.15) is 0 Å². The van der Waals surface area contributed by atoms with Crippen molar-refractivity contribution in [2.45, 2.75) is 124 Å². The standard InChI is InChI=1S/C22H48O3Si.FH/c1-5-9-10-11-12-13-14-15-16-17-18-19-20-21-22-26(23-6-2,24-7-3)25-8-4;/h5-22H2,1-4H3;1H. The van der Waals surface area contributed by atoms with Crippen molar-refractivity contribution in [3.8, 4) is 0 Å². The molecule has 0 aromatic heterocycles. The van der Waals surface area contributed by atoms with Crippen LogP contribution in [0.3, 0.4) is 0 Å². The van der Waals surface area contributed by atoms with E-state index in [2.05, 4.69) is 6.92 Å². The third-order valence-electron chi connectivity index (χ3n) is 4.93. The Morgan fingerprint density at radius 1 is 0.444 bits per heavy atom. The molecule has 0 bridgehead atoms. The van der Waals surface area contributed by atoms with Gasteiger partial charge in [-0.15, -0.1) is 0 Å². The fourth-order valence-corrected chi connectivity index (χ4v) is 6.22. The van der Waals surface area contributed by atoms with Crippen LogP contribution < -0.4 is 0 Å². The molecule has 0 saturated heterocycles. The van der Waals surface area contributed by atoms with E-state index in [1.54, 1.807) is 0 Å². The maximum Gasteiger partial charge on any atom is 0.500 e. The predicted octanol–water partition coefficient (Wildman–Crippen LogP) is 7.67. The third kappa shape index (κ3) is 17.8. The molecule has 0 aromatic rings. The highest BCUT2D eigenvalue weighted by Crippen LogP contribution is 2.21. The van der Waals surface area contributed by atoms with Crippen molar-refractivity contribution in [2.24, 2.45) is 0 Å². The molecule has 0 rings (SSSR count). The lowest BCUT2D eigenvalue weighted by atomic mass is 10.0. The van der Waals surface area contributed by atoms with E-state index in [1.165, 1.54) is 89.9 Å². The first-order valence-corrected chi connectivity index (χ1v) is 13.6. The van der Waals surface area contributed by atoms with Crippen LogP contribution in [0.4, 0.5) is 4.70 Å². The van der Waals surface area contributed by atoms with E-state index in [-0.39, 0.29) is 4.70 Å². The average Bonchev–Trinajstić information content (AvgIpc) is 2.63. The summed E-state index contributed by atoms with van der Waals surface area (Å²) in [4.78, 5) is 0. The Bertz CT molecular complexity index is 263. The zero-order valence-corrected chi connectivity index (χ0v) is 19.9. The van der Waals surface area contributed by atoms with Crippen LogP contribution in [-0.2, 0) is 13.3 Å². The Morgan fingerprint density at radius 3 is 1.04 bits per heavy atom. The van der Waals surface area contributed by atoms with Gasteiger partial charge in [-0.05, 0) is 27.2 Å². The molecule has 0 fully saturated rings. The molecule has 5 heteroatoms. The summed E-state index contributed by atoms with van der Waals surface area (Å²) in [5, 5.41) is 0. The maximum atomic E-state index is 5.92. The highest BCUT2D eigenvalue weighted by Gasteiger charge is 2.39. The van der Waals surface area contributed by atoms with E-state index in [9.17, 15) is 0 Å². The van der Waals surface area contributed by atoms with Crippen molar-refractivity contribution in [1.29, 1.82) is 0 Å². The van der Waals surface area contributed by atoms with E-state index in [4.69, 9.17) is 13.3 Å². The van der Waals surface area contributed by atoms with Gasteiger partial charge in [0.05, 0.1) is 0 Å². The van der Waals surface area contributed by atoms with Crippen molar-refractivity contribution >= 4 is 8.80 Å². The van der Waals surface area contributed by atoms with Crippen LogP contribution in [0, 0.1) is 0 Å². The molecule has 0 amide bonds. The van der Waals surface area contributed by atoms with Gasteiger partial charge >= 0.3 is 8.80 Å². The van der Waals surface area contributed by atoms with Gasteiger partial charge in [-0.2, -0.15) is 0 Å². The maximum absolute atomic E-state index is 5.92. The predicted molar refractivity (Wildman–Crippen MR) is 118 cm³/mol. The minimum Gasteiger partial charge on any atom is -0.374 e. The number of halogens is 1. The number of hydrogen-bond acceptors (Lipinski definition) is 3. The van der Waals surface area contributed by atoms with Crippen LogP contribution in [-0.4, -0.2) is 28.6 Å². The summed E-state index contributed by atoms with van der Waals surface area (Å²) in [6, 6.07) is 0.973. The quantitative estimate of drug-likeness (QED) is 0.144. The van der Waals surface area contributed by atoms with Crippen LogP contribution in [0.15, 0.2) is 0 Å². The highest BCUT2D eigenvalue weighted by atomic mass is 28.4. The van der Waals surface area contributed by atoms with Crippen LogP contribution in [0.5, 0.6) is 0 Å². The molecule has 27 heavy (non-hydrogen) atoms. The molecule has 0 spiro atoms. The van der Waals surface area contributed by atoms with Gasteiger partial charge in [0.2, 0.25) is 0 Å². The fraction of sp³-hybridized carbons (Fsp3) is 1.00. The normalized spacial score (nSPS) is 11.6. The summed E-state index contributed by atoms with van der Waals surface area (Å²) in [5.41, 5.74) is 0. The summed E-state index contributed by atoms with van der Waals surface area (Å²) in [7, 11) is -2.40. The van der Waals surface area contributed by atoms with E-state index in [1.807, 2.05) is 20.8 Å². The second-order valence-electron chi connectivity index (χ2n) is 7.33. The molecular formula is C22H49FO3Si. The molecule has 166 valence electrons. The monoisotopic (exact) mass is 408 g/mol. The van der Waals surface area contributed by atoms with Crippen LogP contribution in [0.25, 0.3) is 0 Å². The molecule has 0 N–H and O–H groups in total. The first kappa shape index (κ1) is 29.2. The van der Waals surface area contributed by atoms with Gasteiger partial charge < -0.3 is 13.3 Å². The van der Waals surface area contributed by atoms with Crippen LogP contribution in [0.1, 0.15) is 118 Å². The zero-order chi connectivity index (χ0) is 19.3. The number of unbranched alkanes of at least 4 members (excludes halogenated alkanes) is 13. The molecule has 0 aliphatic carbocycles. The van der Waals surface area contributed by atoms with Crippen molar-refractivity contribution in [3.63, 3.8) is 0 Å². The van der Waals surface area contributed by atoms with Crippen molar-refractivity contribution in [1.82, 2.24) is 0 Å². The minimum absolute atomic E-state index is 0. The van der Waals surface area contributed by atoms with Gasteiger partial charge in [0, 0.05) is 25.9 Å². The first-order valence-electron chi connectivity index (χ1n) is 11.7. The molecule has 0 aliphatic heterocycles. The minimum atomic E-state index is -2.40. The first-order chi connectivity index (χ1) is 12.7. The van der Waals surface area contributed by atoms with Crippen molar-refractivity contribution in [3.05, 3.63) is 0 Å². The second-order valence-corrected chi connectivity index (χ2v) is 10.1. The summed E-state index contributed by atoms with van der Waals surface area (Å²) < 4.78 is 17.8. The lowest BCUT2D eigenvalue weighted by molar-refractivity contribution is 0.0706. The molecule has 0 aromatic carbocycles. The Kier molecular flexibility index (Phi) is 24.2. The molecule has 3 nitrogen and oxygen atoms in total. The topological polar surface area (TPSA) is 27.7 Å². The molecule has 0 aliphatic rings. The SMILES string of the molecule is CCCCCCCCCCCCCCCC[Si](OCC)(OCC)OCC.F. The van der Waals surface area contributed by atoms with Crippen LogP contribution >= 0.6 is 0 Å². The summed E-state index contributed by atoms with van der Waals surface area (Å²) in [5.74, 6) is 0. The van der Waals surface area contributed by atoms with E-state index >= 15 is 0 Å². The summed E-state index contributed by atoms with van der Waals surface area (Å²) in [6.45, 7) is 10.4.